The largest absolute Gasteiger partial charge is 0.341 e. The molecule has 2 heterocycles. The zero-order valence-electron chi connectivity index (χ0n) is 10.3. The molecule has 0 saturated heterocycles. The number of rotatable bonds is 2. The van der Waals surface area contributed by atoms with Gasteiger partial charge in [0.2, 0.25) is 0 Å². The fourth-order valence-electron chi connectivity index (χ4n) is 2.35. The molecule has 20 heavy (non-hydrogen) atoms. The van der Waals surface area contributed by atoms with Gasteiger partial charge in [-0.3, -0.25) is 9.59 Å². The summed E-state index contributed by atoms with van der Waals surface area (Å²) in [5.74, 6) is -0.817. The number of aldehydes is 1. The second-order valence-corrected chi connectivity index (χ2v) is 4.89. The molecule has 6 heteroatoms. The predicted octanol–water partition coefficient (Wildman–Crippen LogP) is 2.75. The highest BCUT2D eigenvalue weighted by Gasteiger charge is 2.28. The van der Waals surface area contributed by atoms with E-state index in [1.165, 1.54) is 23.1 Å². The molecule has 102 valence electrons. The number of carbonyl (C=O) groups is 2. The van der Waals surface area contributed by atoms with Gasteiger partial charge in [0, 0.05) is 30.5 Å². The molecule has 3 rings (SSSR count). The normalized spacial score (nSPS) is 14.3. The number of fused-ring (bicyclic) bond motifs is 1. The molecule has 0 saturated carbocycles. The van der Waals surface area contributed by atoms with Gasteiger partial charge in [-0.25, -0.2) is 4.39 Å². The first kappa shape index (κ1) is 12.9. The lowest BCUT2D eigenvalue weighted by Crippen LogP contribution is -2.40. The Hall–Kier alpha value is -2.14. The van der Waals surface area contributed by atoms with Crippen molar-refractivity contribution in [2.75, 3.05) is 11.4 Å². The van der Waals surface area contributed by atoms with Crippen molar-refractivity contribution in [1.29, 1.82) is 0 Å². The maximum atomic E-state index is 13.2. The van der Waals surface area contributed by atoms with Crippen LogP contribution in [0.1, 0.15) is 20.8 Å². The molecule has 1 aliphatic heterocycles. The van der Waals surface area contributed by atoms with Crippen LogP contribution in [0.25, 0.3) is 0 Å². The molecule has 2 aromatic rings. The van der Waals surface area contributed by atoms with E-state index in [4.69, 9.17) is 11.6 Å². The van der Waals surface area contributed by atoms with E-state index in [0.717, 1.165) is 0 Å². The standard InChI is InChI=1S/C14H10ClFN2O2/c15-11-7-10(1-2-12(11)16)18-6-5-17-4-3-9(8-19)13(17)14(18)20/h1-4,7-8H,5-6H2. The number of aromatic nitrogens is 1. The van der Waals surface area contributed by atoms with Crippen LogP contribution in [0.5, 0.6) is 0 Å². The van der Waals surface area contributed by atoms with Gasteiger partial charge in [0.05, 0.1) is 5.02 Å². The Morgan fingerprint density at radius 3 is 2.75 bits per heavy atom. The SMILES string of the molecule is O=Cc1ccn2c1C(=O)N(c1ccc(F)c(Cl)c1)CC2. The molecule has 0 radical (unpaired) electrons. The van der Waals surface area contributed by atoms with Gasteiger partial charge >= 0.3 is 0 Å². The summed E-state index contributed by atoms with van der Waals surface area (Å²) in [6, 6.07) is 5.74. The molecule has 1 aromatic heterocycles. The summed E-state index contributed by atoms with van der Waals surface area (Å²) in [6.45, 7) is 1.02. The van der Waals surface area contributed by atoms with Crippen LogP contribution in [-0.2, 0) is 6.54 Å². The number of carbonyl (C=O) groups excluding carboxylic acids is 2. The Morgan fingerprint density at radius 2 is 2.05 bits per heavy atom. The summed E-state index contributed by atoms with van der Waals surface area (Å²) in [5.41, 5.74) is 1.23. The summed E-state index contributed by atoms with van der Waals surface area (Å²) in [7, 11) is 0. The van der Waals surface area contributed by atoms with Gasteiger partial charge in [-0.2, -0.15) is 0 Å². The molecule has 1 amide bonds. The van der Waals surface area contributed by atoms with Crippen LogP contribution in [0.3, 0.4) is 0 Å². The van der Waals surface area contributed by atoms with E-state index < -0.39 is 5.82 Å². The monoisotopic (exact) mass is 292 g/mol. The zero-order chi connectivity index (χ0) is 14.3. The first-order valence-corrected chi connectivity index (χ1v) is 6.41. The van der Waals surface area contributed by atoms with Crippen molar-refractivity contribution in [3.05, 3.63) is 52.6 Å². The lowest BCUT2D eigenvalue weighted by atomic mass is 10.2. The predicted molar refractivity (Wildman–Crippen MR) is 72.9 cm³/mol. The quantitative estimate of drug-likeness (QED) is 0.799. The van der Waals surface area contributed by atoms with Gasteiger partial charge in [0.1, 0.15) is 11.5 Å². The molecule has 0 unspecified atom stereocenters. The maximum Gasteiger partial charge on any atom is 0.275 e. The van der Waals surface area contributed by atoms with E-state index in [1.54, 1.807) is 16.8 Å². The van der Waals surface area contributed by atoms with E-state index in [0.29, 0.717) is 36.3 Å². The van der Waals surface area contributed by atoms with Crippen molar-refractivity contribution in [3.63, 3.8) is 0 Å². The molecule has 0 atom stereocenters. The third kappa shape index (κ3) is 1.91. The average molecular weight is 293 g/mol. The Balaban J connectivity index is 2.03. The third-order valence-electron chi connectivity index (χ3n) is 3.35. The third-order valence-corrected chi connectivity index (χ3v) is 3.64. The molecule has 0 bridgehead atoms. The Kier molecular flexibility index (Phi) is 3.06. The van der Waals surface area contributed by atoms with Crippen LogP contribution in [0.15, 0.2) is 30.5 Å². The molecule has 0 spiro atoms. The fourth-order valence-corrected chi connectivity index (χ4v) is 2.53. The second kappa shape index (κ2) is 4.76. The smallest absolute Gasteiger partial charge is 0.275 e. The highest BCUT2D eigenvalue weighted by Crippen LogP contribution is 2.27. The van der Waals surface area contributed by atoms with Gasteiger partial charge in [-0.1, -0.05) is 11.6 Å². The average Bonchev–Trinajstić information content (AvgIpc) is 2.86. The van der Waals surface area contributed by atoms with Gasteiger partial charge in [0.15, 0.2) is 6.29 Å². The minimum atomic E-state index is -0.531. The number of hydrogen-bond acceptors (Lipinski definition) is 2. The molecular formula is C14H10ClFN2O2. The number of anilines is 1. The van der Waals surface area contributed by atoms with Gasteiger partial charge < -0.3 is 9.47 Å². The van der Waals surface area contributed by atoms with E-state index in [1.807, 2.05) is 0 Å². The molecule has 0 N–H and O–H groups in total. The highest BCUT2D eigenvalue weighted by molar-refractivity contribution is 6.31. The Bertz CT molecular complexity index is 711. The second-order valence-electron chi connectivity index (χ2n) is 4.49. The van der Waals surface area contributed by atoms with Gasteiger partial charge in [0.25, 0.3) is 5.91 Å². The molecule has 0 aliphatic carbocycles. The zero-order valence-corrected chi connectivity index (χ0v) is 11.1. The topological polar surface area (TPSA) is 42.3 Å². The Labute approximate surface area is 119 Å². The van der Waals surface area contributed by atoms with Gasteiger partial charge in [-0.05, 0) is 24.3 Å². The number of nitrogens with zero attached hydrogens (tertiary/aromatic N) is 2. The van der Waals surface area contributed by atoms with Crippen LogP contribution >= 0.6 is 11.6 Å². The first-order chi connectivity index (χ1) is 9.61. The van der Waals surface area contributed by atoms with E-state index in [-0.39, 0.29) is 10.9 Å². The van der Waals surface area contributed by atoms with Crippen LogP contribution in [0.2, 0.25) is 5.02 Å². The van der Waals surface area contributed by atoms with Crippen molar-refractivity contribution in [1.82, 2.24) is 4.57 Å². The number of amides is 1. The van der Waals surface area contributed by atoms with E-state index in [9.17, 15) is 14.0 Å². The van der Waals surface area contributed by atoms with E-state index >= 15 is 0 Å². The van der Waals surface area contributed by atoms with Crippen molar-refractivity contribution in [3.8, 4) is 0 Å². The molecule has 4 nitrogen and oxygen atoms in total. The number of halogens is 2. The minimum absolute atomic E-state index is 0.0353. The number of hydrogen-bond donors (Lipinski definition) is 0. The highest BCUT2D eigenvalue weighted by atomic mass is 35.5. The Morgan fingerprint density at radius 1 is 1.25 bits per heavy atom. The van der Waals surface area contributed by atoms with Crippen LogP contribution in [0, 0.1) is 5.82 Å². The molecule has 1 aliphatic rings. The molecular weight excluding hydrogens is 283 g/mol. The van der Waals surface area contributed by atoms with Crippen molar-refractivity contribution < 1.29 is 14.0 Å². The lowest BCUT2D eigenvalue weighted by molar-refractivity contribution is 0.0959. The number of benzene rings is 1. The summed E-state index contributed by atoms with van der Waals surface area (Å²) >= 11 is 5.74. The molecule has 1 aromatic carbocycles. The van der Waals surface area contributed by atoms with E-state index in [2.05, 4.69) is 0 Å². The summed E-state index contributed by atoms with van der Waals surface area (Å²) in [4.78, 5) is 24.9. The van der Waals surface area contributed by atoms with Gasteiger partial charge in [-0.15, -0.1) is 0 Å². The first-order valence-electron chi connectivity index (χ1n) is 6.03. The maximum absolute atomic E-state index is 13.2. The lowest BCUT2D eigenvalue weighted by Gasteiger charge is -2.29. The van der Waals surface area contributed by atoms with Crippen molar-refractivity contribution >= 4 is 29.5 Å². The summed E-state index contributed by atoms with van der Waals surface area (Å²) in [5, 5.41) is -0.0353. The van der Waals surface area contributed by atoms with Crippen LogP contribution in [-0.4, -0.2) is 23.3 Å². The van der Waals surface area contributed by atoms with Crippen LogP contribution < -0.4 is 4.90 Å². The van der Waals surface area contributed by atoms with Crippen LogP contribution in [0.4, 0.5) is 10.1 Å². The summed E-state index contributed by atoms with van der Waals surface area (Å²) < 4.78 is 14.9. The fraction of sp³-hybridized carbons (Fsp3) is 0.143. The molecule has 0 fully saturated rings. The minimum Gasteiger partial charge on any atom is -0.341 e. The van der Waals surface area contributed by atoms with Crippen molar-refractivity contribution in [2.24, 2.45) is 0 Å². The van der Waals surface area contributed by atoms with Crippen molar-refractivity contribution in [2.45, 2.75) is 6.54 Å². The summed E-state index contributed by atoms with van der Waals surface area (Å²) in [6.07, 6.45) is 2.37.